The molecule has 0 bridgehead atoms. The molecule has 2 aliphatic heterocycles. The summed E-state index contributed by atoms with van der Waals surface area (Å²) >= 11 is 0. The summed E-state index contributed by atoms with van der Waals surface area (Å²) in [5, 5.41) is 9.62. The summed E-state index contributed by atoms with van der Waals surface area (Å²) in [7, 11) is 2.17. The number of aromatic nitrogens is 1. The van der Waals surface area contributed by atoms with Crippen molar-refractivity contribution in [3.05, 3.63) is 42.1 Å². The van der Waals surface area contributed by atoms with E-state index in [1.165, 1.54) is 11.3 Å². The monoisotopic (exact) mass is 367 g/mol. The van der Waals surface area contributed by atoms with E-state index in [0.29, 0.717) is 11.7 Å². The van der Waals surface area contributed by atoms with Gasteiger partial charge in [-0.2, -0.15) is 0 Å². The van der Waals surface area contributed by atoms with Gasteiger partial charge in [0.05, 0.1) is 0 Å². The molecule has 3 heterocycles. The Morgan fingerprint density at radius 3 is 2.41 bits per heavy atom. The summed E-state index contributed by atoms with van der Waals surface area (Å²) in [6.45, 7) is 5.90. The van der Waals surface area contributed by atoms with Gasteiger partial charge < -0.3 is 19.6 Å². The average Bonchev–Trinajstić information content (AvgIpc) is 2.70. The van der Waals surface area contributed by atoms with Gasteiger partial charge in [0.25, 0.3) is 0 Å². The Labute approximate surface area is 161 Å². The molecule has 2 saturated heterocycles. The molecule has 0 saturated carbocycles. The molecular formula is C22H29N3O2. The number of pyridine rings is 1. The van der Waals surface area contributed by atoms with Crippen LogP contribution in [0.25, 0.3) is 11.1 Å². The minimum Gasteiger partial charge on any atom is -0.508 e. The summed E-state index contributed by atoms with van der Waals surface area (Å²) in [5.74, 6) is 2.03. The van der Waals surface area contributed by atoms with Crippen molar-refractivity contribution in [1.29, 1.82) is 0 Å². The van der Waals surface area contributed by atoms with Crippen molar-refractivity contribution in [3.8, 4) is 16.9 Å². The Balaban J connectivity index is 1.63. The van der Waals surface area contributed by atoms with E-state index < -0.39 is 0 Å². The van der Waals surface area contributed by atoms with Gasteiger partial charge >= 0.3 is 0 Å². The lowest BCUT2D eigenvalue weighted by Gasteiger charge is -2.33. The number of benzene rings is 1. The smallest absolute Gasteiger partial charge is 0.129 e. The number of phenols is 1. The van der Waals surface area contributed by atoms with Crippen LogP contribution in [0.3, 0.4) is 0 Å². The van der Waals surface area contributed by atoms with Crippen LogP contribution in [0.15, 0.2) is 36.4 Å². The minimum atomic E-state index is 0.300. The van der Waals surface area contributed by atoms with Gasteiger partial charge in [-0.15, -0.1) is 0 Å². The van der Waals surface area contributed by atoms with Crippen molar-refractivity contribution in [2.75, 3.05) is 51.3 Å². The molecule has 5 nitrogen and oxygen atoms in total. The molecule has 2 aromatic rings. The van der Waals surface area contributed by atoms with Gasteiger partial charge in [-0.05, 0) is 67.6 Å². The molecular weight excluding hydrogens is 338 g/mol. The zero-order valence-corrected chi connectivity index (χ0v) is 16.1. The van der Waals surface area contributed by atoms with Crippen molar-refractivity contribution < 1.29 is 9.84 Å². The molecule has 0 unspecified atom stereocenters. The van der Waals surface area contributed by atoms with Gasteiger partial charge in [-0.25, -0.2) is 4.98 Å². The second-order valence-electron chi connectivity index (χ2n) is 7.80. The zero-order valence-electron chi connectivity index (χ0n) is 16.1. The van der Waals surface area contributed by atoms with Crippen molar-refractivity contribution >= 4 is 5.82 Å². The topological polar surface area (TPSA) is 48.8 Å². The lowest BCUT2D eigenvalue weighted by molar-refractivity contribution is 0.0663. The second-order valence-corrected chi connectivity index (χ2v) is 7.80. The first-order valence-corrected chi connectivity index (χ1v) is 9.99. The Morgan fingerprint density at radius 2 is 1.70 bits per heavy atom. The van der Waals surface area contributed by atoms with Crippen LogP contribution in [0.5, 0.6) is 5.75 Å². The number of anilines is 1. The average molecular weight is 367 g/mol. The molecule has 0 spiro atoms. The predicted octanol–water partition coefficient (Wildman–Crippen LogP) is 3.18. The maximum absolute atomic E-state index is 9.62. The fourth-order valence-corrected chi connectivity index (χ4v) is 3.94. The van der Waals surface area contributed by atoms with Gasteiger partial charge in [-0.1, -0.05) is 12.1 Å². The van der Waals surface area contributed by atoms with E-state index in [-0.39, 0.29) is 0 Å². The lowest BCUT2D eigenvalue weighted by atomic mass is 9.93. The van der Waals surface area contributed by atoms with E-state index in [4.69, 9.17) is 9.72 Å². The minimum absolute atomic E-state index is 0.300. The number of likely N-dealkylation sites (N-methyl/N-ethyl adjacent to an activating group) is 1. The van der Waals surface area contributed by atoms with Crippen LogP contribution in [0, 0.1) is 5.92 Å². The largest absolute Gasteiger partial charge is 0.508 e. The molecule has 0 atom stereocenters. The number of ether oxygens (including phenoxy) is 1. The number of nitrogens with zero attached hydrogens (tertiary/aromatic N) is 3. The summed E-state index contributed by atoms with van der Waals surface area (Å²) in [4.78, 5) is 9.80. The van der Waals surface area contributed by atoms with Crippen LogP contribution >= 0.6 is 0 Å². The fraction of sp³-hybridized carbons (Fsp3) is 0.500. The van der Waals surface area contributed by atoms with E-state index in [9.17, 15) is 5.11 Å². The predicted molar refractivity (Wildman–Crippen MR) is 108 cm³/mol. The molecule has 27 heavy (non-hydrogen) atoms. The number of piperazine rings is 1. The summed E-state index contributed by atoms with van der Waals surface area (Å²) in [5.41, 5.74) is 3.47. The highest BCUT2D eigenvalue weighted by Crippen LogP contribution is 2.29. The van der Waals surface area contributed by atoms with Crippen LogP contribution in [-0.4, -0.2) is 61.4 Å². The molecule has 1 N–H and O–H groups in total. The van der Waals surface area contributed by atoms with Crippen molar-refractivity contribution in [2.45, 2.75) is 19.3 Å². The Bertz CT molecular complexity index is 749. The first-order valence-electron chi connectivity index (χ1n) is 9.99. The zero-order chi connectivity index (χ0) is 18.6. The molecule has 2 aliphatic rings. The summed E-state index contributed by atoms with van der Waals surface area (Å²) in [6.07, 6.45) is 3.25. The Hall–Kier alpha value is -2.11. The number of phenolic OH excluding ortho intramolecular Hbond substituents is 1. The maximum Gasteiger partial charge on any atom is 0.129 e. The highest BCUT2D eigenvalue weighted by Gasteiger charge is 2.19. The first kappa shape index (κ1) is 18.3. The van der Waals surface area contributed by atoms with E-state index in [2.05, 4.69) is 29.0 Å². The molecule has 0 amide bonds. The van der Waals surface area contributed by atoms with Crippen LogP contribution in [0.2, 0.25) is 0 Å². The lowest BCUT2D eigenvalue weighted by Crippen LogP contribution is -2.44. The summed E-state index contributed by atoms with van der Waals surface area (Å²) < 4.78 is 5.51. The first-order chi connectivity index (χ1) is 13.2. The second kappa shape index (κ2) is 8.28. The van der Waals surface area contributed by atoms with Crippen LogP contribution in [-0.2, 0) is 11.2 Å². The molecule has 5 heteroatoms. The molecule has 0 aliphatic carbocycles. The molecule has 2 fully saturated rings. The van der Waals surface area contributed by atoms with Gasteiger partial charge in [0.15, 0.2) is 0 Å². The molecule has 1 aromatic heterocycles. The van der Waals surface area contributed by atoms with Crippen LogP contribution in [0.1, 0.15) is 18.5 Å². The summed E-state index contributed by atoms with van der Waals surface area (Å²) in [6, 6.07) is 11.9. The van der Waals surface area contributed by atoms with E-state index in [1.807, 2.05) is 12.1 Å². The molecule has 0 radical (unpaired) electrons. The molecule has 4 rings (SSSR count). The van der Waals surface area contributed by atoms with Crippen molar-refractivity contribution in [1.82, 2.24) is 9.88 Å². The third-order valence-electron chi connectivity index (χ3n) is 5.73. The molecule has 144 valence electrons. The number of hydrogen-bond acceptors (Lipinski definition) is 5. The van der Waals surface area contributed by atoms with Crippen molar-refractivity contribution in [3.63, 3.8) is 0 Å². The normalized spacial score (nSPS) is 19.4. The van der Waals surface area contributed by atoms with Crippen LogP contribution < -0.4 is 4.90 Å². The van der Waals surface area contributed by atoms with Gasteiger partial charge in [0.2, 0.25) is 0 Å². The Morgan fingerprint density at radius 1 is 1.00 bits per heavy atom. The number of aromatic hydroxyl groups is 1. The number of rotatable bonds is 4. The van der Waals surface area contributed by atoms with Gasteiger partial charge in [0, 0.05) is 45.1 Å². The fourth-order valence-electron chi connectivity index (χ4n) is 3.94. The highest BCUT2D eigenvalue weighted by atomic mass is 16.5. The van der Waals surface area contributed by atoms with E-state index >= 15 is 0 Å². The quantitative estimate of drug-likeness (QED) is 0.899. The highest BCUT2D eigenvalue weighted by molar-refractivity contribution is 5.68. The van der Waals surface area contributed by atoms with Gasteiger partial charge in [0.1, 0.15) is 11.6 Å². The SMILES string of the molecule is CN1CCN(c2cc(-c3ccc(O)cc3)cc(CC3CCOCC3)n2)CC1. The van der Waals surface area contributed by atoms with Crippen LogP contribution in [0.4, 0.5) is 5.82 Å². The maximum atomic E-state index is 9.62. The third kappa shape index (κ3) is 4.60. The van der Waals surface area contributed by atoms with Crippen molar-refractivity contribution in [2.24, 2.45) is 5.92 Å². The van der Waals surface area contributed by atoms with E-state index in [0.717, 1.165) is 70.0 Å². The van der Waals surface area contributed by atoms with E-state index in [1.54, 1.807) is 12.1 Å². The Kier molecular flexibility index (Phi) is 5.60. The van der Waals surface area contributed by atoms with Gasteiger partial charge in [-0.3, -0.25) is 0 Å². The third-order valence-corrected chi connectivity index (χ3v) is 5.73. The number of hydrogen-bond donors (Lipinski definition) is 1. The molecule has 1 aromatic carbocycles. The standard InChI is InChI=1S/C22H29N3O2/c1-24-8-10-25(11-9-24)22-16-19(18-2-4-21(26)5-3-18)15-20(23-22)14-17-6-12-27-13-7-17/h2-5,15-17,26H,6-14H2,1H3.